The van der Waals surface area contributed by atoms with E-state index in [2.05, 4.69) is 15.8 Å². The molecule has 0 atom stereocenters. The number of benzene rings is 2. The number of fused-ring (bicyclic) bond motifs is 1. The van der Waals surface area contributed by atoms with Crippen LogP contribution in [0.15, 0.2) is 36.4 Å². The minimum atomic E-state index is -0.575. The van der Waals surface area contributed by atoms with Crippen LogP contribution >= 0.6 is 11.3 Å². The molecule has 2 N–H and O–H groups in total. The van der Waals surface area contributed by atoms with Gasteiger partial charge in [0.1, 0.15) is 17.1 Å². The number of hydrogen-bond acceptors (Lipinski definition) is 5. The maximum atomic E-state index is 13.6. The third-order valence-electron chi connectivity index (χ3n) is 3.32. The highest BCUT2D eigenvalue weighted by Crippen LogP contribution is 2.34. The second-order valence-corrected chi connectivity index (χ2v) is 5.84. The minimum Gasteiger partial charge on any atom is -0.494 e. The molecule has 23 heavy (non-hydrogen) atoms. The second kappa shape index (κ2) is 6.21. The van der Waals surface area contributed by atoms with E-state index in [1.807, 2.05) is 19.1 Å². The van der Waals surface area contributed by atoms with E-state index in [1.165, 1.54) is 29.5 Å². The fraction of sp³-hybridized carbons (Fsp3) is 0.125. The molecule has 5 nitrogen and oxygen atoms in total. The number of ether oxygens (including phenoxy) is 1. The number of thiazole rings is 1. The average Bonchev–Trinajstić information content (AvgIpc) is 2.99. The highest BCUT2D eigenvalue weighted by molar-refractivity contribution is 7.22. The van der Waals surface area contributed by atoms with Gasteiger partial charge in [0, 0.05) is 0 Å². The summed E-state index contributed by atoms with van der Waals surface area (Å²) in [6.07, 6.45) is 0. The smallest absolute Gasteiger partial charge is 0.272 e. The largest absolute Gasteiger partial charge is 0.494 e. The lowest BCUT2D eigenvalue weighted by Gasteiger charge is -2.05. The lowest BCUT2D eigenvalue weighted by molar-refractivity contribution is 0.0958. The molecule has 0 fully saturated rings. The van der Waals surface area contributed by atoms with Gasteiger partial charge in [-0.05, 0) is 30.7 Å². The Morgan fingerprint density at radius 3 is 2.78 bits per heavy atom. The number of carbonyl (C=O) groups is 1. The highest BCUT2D eigenvalue weighted by Gasteiger charge is 2.13. The predicted octanol–water partition coefficient (Wildman–Crippen LogP) is 3.51. The van der Waals surface area contributed by atoms with Crippen molar-refractivity contribution in [2.75, 3.05) is 12.5 Å². The first-order valence-corrected chi connectivity index (χ1v) is 7.67. The van der Waals surface area contributed by atoms with Crippen LogP contribution in [0.25, 0.3) is 10.2 Å². The number of hydrogen-bond donors (Lipinski definition) is 2. The molecule has 3 rings (SSSR count). The molecular formula is C16H14FN3O2S. The van der Waals surface area contributed by atoms with E-state index in [0.29, 0.717) is 10.9 Å². The number of nitrogens with one attached hydrogen (secondary N) is 2. The molecule has 0 saturated heterocycles. The highest BCUT2D eigenvalue weighted by atomic mass is 32.1. The van der Waals surface area contributed by atoms with Crippen molar-refractivity contribution >= 4 is 32.6 Å². The van der Waals surface area contributed by atoms with Crippen molar-refractivity contribution in [3.63, 3.8) is 0 Å². The lowest BCUT2D eigenvalue weighted by Crippen LogP contribution is -2.29. The van der Waals surface area contributed by atoms with E-state index in [4.69, 9.17) is 4.74 Å². The molecule has 0 unspecified atom stereocenters. The molecule has 7 heteroatoms. The summed E-state index contributed by atoms with van der Waals surface area (Å²) in [4.78, 5) is 16.4. The van der Waals surface area contributed by atoms with Crippen LogP contribution in [0.1, 0.15) is 15.9 Å². The van der Waals surface area contributed by atoms with Gasteiger partial charge in [-0.2, -0.15) is 0 Å². The van der Waals surface area contributed by atoms with Gasteiger partial charge in [0.2, 0.25) is 5.13 Å². The molecule has 1 heterocycles. The van der Waals surface area contributed by atoms with Gasteiger partial charge in [0.25, 0.3) is 5.91 Å². The Balaban J connectivity index is 1.81. The summed E-state index contributed by atoms with van der Waals surface area (Å²) in [5.41, 5.74) is 6.93. The fourth-order valence-corrected chi connectivity index (χ4v) is 3.06. The number of halogens is 1. The van der Waals surface area contributed by atoms with Crippen LogP contribution in [-0.2, 0) is 0 Å². The molecule has 0 aliphatic rings. The third-order valence-corrected chi connectivity index (χ3v) is 4.43. The Bertz CT molecular complexity index is 879. The Morgan fingerprint density at radius 1 is 1.26 bits per heavy atom. The van der Waals surface area contributed by atoms with Gasteiger partial charge in [0.15, 0.2) is 0 Å². The maximum Gasteiger partial charge on any atom is 0.272 e. The van der Waals surface area contributed by atoms with Crippen molar-refractivity contribution < 1.29 is 13.9 Å². The summed E-state index contributed by atoms with van der Waals surface area (Å²) >= 11 is 1.38. The van der Waals surface area contributed by atoms with Crippen molar-refractivity contribution in [3.05, 3.63) is 53.3 Å². The molecule has 0 aliphatic carbocycles. The number of aromatic nitrogens is 1. The first kappa shape index (κ1) is 15.2. The molecular weight excluding hydrogens is 317 g/mol. The number of hydrazine groups is 1. The van der Waals surface area contributed by atoms with Gasteiger partial charge < -0.3 is 4.74 Å². The molecule has 0 radical (unpaired) electrons. The Labute approximate surface area is 136 Å². The summed E-state index contributed by atoms with van der Waals surface area (Å²) in [5, 5.41) is 0.497. The summed E-state index contributed by atoms with van der Waals surface area (Å²) in [6.45, 7) is 1.97. The quantitative estimate of drug-likeness (QED) is 0.718. The number of nitrogens with zero attached hydrogens (tertiary/aromatic N) is 1. The molecule has 1 aromatic heterocycles. The van der Waals surface area contributed by atoms with Crippen LogP contribution in [-0.4, -0.2) is 18.0 Å². The summed E-state index contributed by atoms with van der Waals surface area (Å²) in [5.74, 6) is -0.477. The van der Waals surface area contributed by atoms with Gasteiger partial charge in [-0.3, -0.25) is 15.6 Å². The number of anilines is 1. The maximum absolute atomic E-state index is 13.6. The molecule has 0 aliphatic heterocycles. The molecule has 2 aromatic carbocycles. The van der Waals surface area contributed by atoms with Gasteiger partial charge >= 0.3 is 0 Å². The van der Waals surface area contributed by atoms with Crippen molar-refractivity contribution in [3.8, 4) is 5.75 Å². The molecule has 118 valence electrons. The first-order valence-electron chi connectivity index (χ1n) is 6.85. The number of rotatable bonds is 4. The summed E-state index contributed by atoms with van der Waals surface area (Å²) in [7, 11) is 1.58. The van der Waals surface area contributed by atoms with E-state index >= 15 is 0 Å². The van der Waals surface area contributed by atoms with Crippen LogP contribution < -0.4 is 15.6 Å². The van der Waals surface area contributed by atoms with Crippen molar-refractivity contribution in [1.29, 1.82) is 0 Å². The fourth-order valence-electron chi connectivity index (χ4n) is 2.15. The third kappa shape index (κ3) is 2.95. The number of aryl methyl sites for hydroxylation is 1. The van der Waals surface area contributed by atoms with Crippen molar-refractivity contribution in [2.45, 2.75) is 6.92 Å². The van der Waals surface area contributed by atoms with Crippen molar-refractivity contribution in [1.82, 2.24) is 10.4 Å². The van der Waals surface area contributed by atoms with E-state index in [0.717, 1.165) is 15.8 Å². The molecule has 0 saturated carbocycles. The molecule has 1 amide bonds. The second-order valence-electron chi connectivity index (χ2n) is 4.84. The zero-order valence-corrected chi connectivity index (χ0v) is 13.3. The normalized spacial score (nSPS) is 10.6. The zero-order chi connectivity index (χ0) is 16.4. The Kier molecular flexibility index (Phi) is 4.12. The van der Waals surface area contributed by atoms with Crippen LogP contribution in [0, 0.1) is 12.7 Å². The Hall–Kier alpha value is -2.67. The van der Waals surface area contributed by atoms with Crippen LogP contribution in [0.2, 0.25) is 0 Å². The van der Waals surface area contributed by atoms with Gasteiger partial charge in [0.05, 0.1) is 17.4 Å². The number of methoxy groups -OCH3 is 1. The van der Waals surface area contributed by atoms with E-state index < -0.39 is 11.7 Å². The SMILES string of the molecule is COc1ccc(C)c2sc(NNC(=O)c3ccccc3F)nc12. The number of carbonyl (C=O) groups excluding carboxylic acids is 1. The molecule has 0 spiro atoms. The lowest BCUT2D eigenvalue weighted by atomic mass is 10.2. The molecule has 3 aromatic rings. The van der Waals surface area contributed by atoms with E-state index in [-0.39, 0.29) is 5.56 Å². The van der Waals surface area contributed by atoms with E-state index in [1.54, 1.807) is 13.2 Å². The first-order chi connectivity index (χ1) is 11.1. The standard InChI is InChI=1S/C16H14FN3O2S/c1-9-7-8-12(22-2)13-14(9)23-16(18-13)20-19-15(21)10-5-3-4-6-11(10)17/h3-8H,1-2H3,(H,18,20)(H,19,21). The average molecular weight is 331 g/mol. The topological polar surface area (TPSA) is 63.2 Å². The summed E-state index contributed by atoms with van der Waals surface area (Å²) in [6, 6.07) is 9.57. The van der Waals surface area contributed by atoms with Gasteiger partial charge in [-0.15, -0.1) is 0 Å². The van der Waals surface area contributed by atoms with Gasteiger partial charge in [-0.25, -0.2) is 9.37 Å². The van der Waals surface area contributed by atoms with Crippen molar-refractivity contribution in [2.24, 2.45) is 0 Å². The summed E-state index contributed by atoms with van der Waals surface area (Å²) < 4.78 is 19.8. The zero-order valence-electron chi connectivity index (χ0n) is 12.5. The van der Waals surface area contributed by atoms with Gasteiger partial charge in [-0.1, -0.05) is 29.5 Å². The Morgan fingerprint density at radius 2 is 2.04 bits per heavy atom. The predicted molar refractivity (Wildman–Crippen MR) is 88.4 cm³/mol. The van der Waals surface area contributed by atoms with Crippen LogP contribution in [0.4, 0.5) is 9.52 Å². The monoisotopic (exact) mass is 331 g/mol. The van der Waals surface area contributed by atoms with E-state index in [9.17, 15) is 9.18 Å². The minimum absolute atomic E-state index is 0.0325. The van der Waals surface area contributed by atoms with Crippen LogP contribution in [0.5, 0.6) is 5.75 Å². The number of amides is 1. The molecule has 0 bridgehead atoms. The van der Waals surface area contributed by atoms with Crippen LogP contribution in [0.3, 0.4) is 0 Å².